The molecule has 1 nitrogen and oxygen atoms in total. The summed E-state index contributed by atoms with van der Waals surface area (Å²) >= 11 is 7.65. The molecule has 0 radical (unpaired) electrons. The molecular weight excluding hydrogens is 238 g/mol. The van der Waals surface area contributed by atoms with Crippen LogP contribution in [0.1, 0.15) is 50.4 Å². The first kappa shape index (κ1) is 12.4. The Hall–Kier alpha value is -0.0500. The molecule has 0 spiro atoms. The third kappa shape index (κ3) is 3.22. The quantitative estimate of drug-likeness (QED) is 0.833. The number of thiophene rings is 1. The highest BCUT2D eigenvalue weighted by Crippen LogP contribution is 2.29. The van der Waals surface area contributed by atoms with Crippen molar-refractivity contribution in [3.8, 4) is 0 Å². The van der Waals surface area contributed by atoms with Crippen LogP contribution in [0, 0.1) is 5.92 Å². The minimum atomic E-state index is 0.438. The van der Waals surface area contributed by atoms with E-state index in [1.165, 1.54) is 30.6 Å². The second-order valence-electron chi connectivity index (χ2n) is 5.00. The van der Waals surface area contributed by atoms with Crippen molar-refractivity contribution >= 4 is 22.9 Å². The van der Waals surface area contributed by atoms with Crippen LogP contribution < -0.4 is 5.32 Å². The van der Waals surface area contributed by atoms with E-state index in [-0.39, 0.29) is 0 Å². The third-order valence-electron chi connectivity index (χ3n) is 3.44. The van der Waals surface area contributed by atoms with Crippen LogP contribution in [-0.4, -0.2) is 6.04 Å². The maximum Gasteiger partial charge on any atom is 0.0931 e. The van der Waals surface area contributed by atoms with E-state index < -0.39 is 0 Å². The Kier molecular flexibility index (Phi) is 4.28. The first-order chi connectivity index (χ1) is 7.65. The fraction of sp³-hybridized carbons (Fsp3) is 0.692. The normalized spacial score (nSPS) is 27.9. The molecule has 90 valence electrons. The second-order valence-corrected chi connectivity index (χ2v) is 6.75. The fourth-order valence-electron chi connectivity index (χ4n) is 2.58. The molecule has 3 atom stereocenters. The van der Waals surface area contributed by atoms with Gasteiger partial charge in [-0.05, 0) is 37.8 Å². The Morgan fingerprint density at radius 3 is 2.88 bits per heavy atom. The number of rotatable bonds is 3. The molecule has 0 bridgehead atoms. The Morgan fingerprint density at radius 2 is 2.25 bits per heavy atom. The molecule has 0 aromatic carbocycles. The topological polar surface area (TPSA) is 12.0 Å². The molecule has 1 saturated carbocycles. The van der Waals surface area contributed by atoms with Crippen LogP contribution in [0.5, 0.6) is 0 Å². The van der Waals surface area contributed by atoms with Crippen LogP contribution >= 0.6 is 22.9 Å². The average Bonchev–Trinajstić information content (AvgIpc) is 2.65. The molecule has 2 rings (SSSR count). The van der Waals surface area contributed by atoms with Gasteiger partial charge in [0.1, 0.15) is 0 Å². The summed E-state index contributed by atoms with van der Waals surface area (Å²) in [6.07, 6.45) is 5.42. The first-order valence-corrected chi connectivity index (χ1v) is 7.36. The van der Waals surface area contributed by atoms with E-state index in [9.17, 15) is 0 Å². The molecule has 0 saturated heterocycles. The molecule has 1 aromatic rings. The predicted molar refractivity (Wildman–Crippen MR) is 72.3 cm³/mol. The molecule has 3 heteroatoms. The highest BCUT2D eigenvalue weighted by atomic mass is 35.5. The SMILES string of the molecule is CC1CCCC(NC(C)c2ccc(Cl)s2)C1. The van der Waals surface area contributed by atoms with Crippen molar-refractivity contribution in [3.63, 3.8) is 0 Å². The number of nitrogens with one attached hydrogen (secondary N) is 1. The summed E-state index contributed by atoms with van der Waals surface area (Å²) in [5.74, 6) is 0.880. The van der Waals surface area contributed by atoms with E-state index >= 15 is 0 Å². The Bertz CT molecular complexity index is 336. The van der Waals surface area contributed by atoms with Gasteiger partial charge in [-0.25, -0.2) is 0 Å². The molecule has 0 aliphatic heterocycles. The van der Waals surface area contributed by atoms with Gasteiger partial charge in [0.15, 0.2) is 0 Å². The predicted octanol–water partition coefficient (Wildman–Crippen LogP) is 4.63. The maximum atomic E-state index is 5.96. The van der Waals surface area contributed by atoms with Crippen LogP contribution in [0.2, 0.25) is 4.34 Å². The third-order valence-corrected chi connectivity index (χ3v) is 4.86. The van der Waals surface area contributed by atoms with Gasteiger partial charge in [0.2, 0.25) is 0 Å². The van der Waals surface area contributed by atoms with E-state index in [4.69, 9.17) is 11.6 Å². The molecule has 3 unspecified atom stereocenters. The zero-order valence-corrected chi connectivity index (χ0v) is 11.6. The fourth-order valence-corrected chi connectivity index (χ4v) is 3.65. The van der Waals surface area contributed by atoms with Gasteiger partial charge in [0.25, 0.3) is 0 Å². The lowest BCUT2D eigenvalue weighted by molar-refractivity contribution is 0.286. The Balaban J connectivity index is 1.89. The molecule has 1 aliphatic rings. The zero-order chi connectivity index (χ0) is 11.5. The lowest BCUT2D eigenvalue weighted by Crippen LogP contribution is -2.35. The lowest BCUT2D eigenvalue weighted by atomic mass is 9.87. The van der Waals surface area contributed by atoms with Crippen molar-refractivity contribution in [2.45, 2.75) is 51.6 Å². The monoisotopic (exact) mass is 257 g/mol. The van der Waals surface area contributed by atoms with Crippen molar-refractivity contribution in [2.24, 2.45) is 5.92 Å². The molecule has 1 fully saturated rings. The molecule has 1 aromatic heterocycles. The van der Waals surface area contributed by atoms with Crippen LogP contribution in [0.15, 0.2) is 12.1 Å². The summed E-state index contributed by atoms with van der Waals surface area (Å²) in [5.41, 5.74) is 0. The largest absolute Gasteiger partial charge is 0.307 e. The van der Waals surface area contributed by atoms with Crippen LogP contribution in [-0.2, 0) is 0 Å². The van der Waals surface area contributed by atoms with E-state index in [0.29, 0.717) is 12.1 Å². The number of hydrogen-bond acceptors (Lipinski definition) is 2. The van der Waals surface area contributed by atoms with Gasteiger partial charge in [-0.3, -0.25) is 0 Å². The van der Waals surface area contributed by atoms with Gasteiger partial charge >= 0.3 is 0 Å². The molecule has 16 heavy (non-hydrogen) atoms. The van der Waals surface area contributed by atoms with Gasteiger partial charge in [0, 0.05) is 17.0 Å². The summed E-state index contributed by atoms with van der Waals surface area (Å²) < 4.78 is 0.890. The number of halogens is 1. The average molecular weight is 258 g/mol. The summed E-state index contributed by atoms with van der Waals surface area (Å²) in [6, 6.07) is 5.26. The highest BCUT2D eigenvalue weighted by Gasteiger charge is 2.20. The van der Waals surface area contributed by atoms with E-state index in [0.717, 1.165) is 10.3 Å². The lowest BCUT2D eigenvalue weighted by Gasteiger charge is -2.29. The summed E-state index contributed by atoms with van der Waals surface area (Å²) in [4.78, 5) is 1.35. The summed E-state index contributed by atoms with van der Waals surface area (Å²) in [6.45, 7) is 4.60. The van der Waals surface area contributed by atoms with Gasteiger partial charge in [-0.2, -0.15) is 0 Å². The zero-order valence-electron chi connectivity index (χ0n) is 10.0. The van der Waals surface area contributed by atoms with Crippen molar-refractivity contribution in [2.75, 3.05) is 0 Å². The molecule has 1 heterocycles. The van der Waals surface area contributed by atoms with Gasteiger partial charge < -0.3 is 5.32 Å². The van der Waals surface area contributed by atoms with Gasteiger partial charge in [-0.1, -0.05) is 31.4 Å². The minimum absolute atomic E-state index is 0.438. The van der Waals surface area contributed by atoms with Gasteiger partial charge in [-0.15, -0.1) is 11.3 Å². The Labute approximate surface area is 107 Å². The molecule has 0 amide bonds. The smallest absolute Gasteiger partial charge is 0.0931 e. The Morgan fingerprint density at radius 1 is 1.44 bits per heavy atom. The minimum Gasteiger partial charge on any atom is -0.307 e. The van der Waals surface area contributed by atoms with E-state index in [1.807, 2.05) is 6.07 Å². The van der Waals surface area contributed by atoms with Crippen molar-refractivity contribution in [3.05, 3.63) is 21.3 Å². The molecule has 1 aliphatic carbocycles. The standard InChI is InChI=1S/C13H20ClNS/c1-9-4-3-5-11(8-9)15-10(2)12-6-7-13(14)16-12/h6-7,9-11,15H,3-5,8H2,1-2H3. The summed E-state index contributed by atoms with van der Waals surface area (Å²) in [7, 11) is 0. The summed E-state index contributed by atoms with van der Waals surface area (Å²) in [5, 5.41) is 3.73. The van der Waals surface area contributed by atoms with E-state index in [1.54, 1.807) is 11.3 Å². The van der Waals surface area contributed by atoms with Crippen LogP contribution in [0.4, 0.5) is 0 Å². The maximum absolute atomic E-state index is 5.96. The number of hydrogen-bond donors (Lipinski definition) is 1. The first-order valence-electron chi connectivity index (χ1n) is 6.16. The van der Waals surface area contributed by atoms with Crippen molar-refractivity contribution < 1.29 is 0 Å². The second kappa shape index (κ2) is 5.52. The van der Waals surface area contributed by atoms with Crippen LogP contribution in [0.3, 0.4) is 0 Å². The van der Waals surface area contributed by atoms with Crippen molar-refractivity contribution in [1.82, 2.24) is 5.32 Å². The molecular formula is C13H20ClNS. The van der Waals surface area contributed by atoms with Crippen LogP contribution in [0.25, 0.3) is 0 Å². The van der Waals surface area contributed by atoms with Gasteiger partial charge in [0.05, 0.1) is 4.34 Å². The van der Waals surface area contributed by atoms with E-state index in [2.05, 4.69) is 25.2 Å². The highest BCUT2D eigenvalue weighted by molar-refractivity contribution is 7.16. The molecule has 1 N–H and O–H groups in total. The van der Waals surface area contributed by atoms with Crippen molar-refractivity contribution in [1.29, 1.82) is 0 Å².